The Hall–Kier alpha value is -1.13. The maximum absolute atomic E-state index is 11.7. The molecule has 0 aliphatic heterocycles. The highest BCUT2D eigenvalue weighted by Gasteiger charge is 2.17. The number of carbonyl (C=O) groups is 1. The van der Waals surface area contributed by atoms with Crippen LogP contribution in [0.2, 0.25) is 25.7 Å². The van der Waals surface area contributed by atoms with Crippen molar-refractivity contribution in [3.8, 4) is 0 Å². The van der Waals surface area contributed by atoms with Gasteiger partial charge >= 0.3 is 5.97 Å². The first-order valence-electron chi connectivity index (χ1n) is 6.37. The third kappa shape index (κ3) is 5.47. The number of carbonyl (C=O) groups excluding carboxylic acids is 1. The predicted molar refractivity (Wildman–Crippen MR) is 77.1 cm³/mol. The first-order chi connectivity index (χ1) is 8.40. The van der Waals surface area contributed by atoms with Crippen LogP contribution in [0.15, 0.2) is 30.3 Å². The van der Waals surface area contributed by atoms with Crippen LogP contribution in [0.4, 0.5) is 0 Å². The molecule has 3 nitrogen and oxygen atoms in total. The smallest absolute Gasteiger partial charge is 0.327 e. The number of hydrogen-bond acceptors (Lipinski definition) is 3. The van der Waals surface area contributed by atoms with E-state index < -0.39 is 14.1 Å². The van der Waals surface area contributed by atoms with E-state index in [0.717, 1.165) is 12.0 Å². The number of rotatable bonds is 6. The third-order valence-electron chi connectivity index (χ3n) is 2.73. The van der Waals surface area contributed by atoms with Crippen molar-refractivity contribution in [2.24, 2.45) is 5.73 Å². The monoisotopic (exact) mass is 265 g/mol. The van der Waals surface area contributed by atoms with Gasteiger partial charge in [0.15, 0.2) is 0 Å². The van der Waals surface area contributed by atoms with Gasteiger partial charge in [-0.25, -0.2) is 4.79 Å². The molecule has 0 radical (unpaired) electrons. The zero-order valence-corrected chi connectivity index (χ0v) is 12.5. The van der Waals surface area contributed by atoms with Gasteiger partial charge in [0.1, 0.15) is 6.04 Å². The Bertz CT molecular complexity index is 373. The van der Waals surface area contributed by atoms with Gasteiger partial charge in [-0.2, -0.15) is 0 Å². The molecule has 1 rings (SSSR count). The van der Waals surface area contributed by atoms with E-state index in [9.17, 15) is 4.79 Å². The van der Waals surface area contributed by atoms with Gasteiger partial charge in [-0.1, -0.05) is 56.0 Å². The zero-order chi connectivity index (χ0) is 13.6. The molecule has 1 unspecified atom stereocenters. The normalized spacial score (nSPS) is 13.1. The molecular weight excluding hydrogens is 242 g/mol. The maximum atomic E-state index is 11.7. The van der Waals surface area contributed by atoms with Gasteiger partial charge < -0.3 is 10.5 Å². The van der Waals surface area contributed by atoms with Gasteiger partial charge in [0.05, 0.1) is 6.61 Å². The van der Waals surface area contributed by atoms with Crippen LogP contribution in [0.5, 0.6) is 0 Å². The second-order valence-corrected chi connectivity index (χ2v) is 11.3. The van der Waals surface area contributed by atoms with E-state index in [4.69, 9.17) is 10.5 Å². The van der Waals surface area contributed by atoms with Crippen molar-refractivity contribution in [3.05, 3.63) is 35.9 Å². The van der Waals surface area contributed by atoms with Gasteiger partial charge in [0.2, 0.25) is 0 Å². The molecule has 0 bridgehead atoms. The minimum atomic E-state index is -1.04. The molecule has 4 heteroatoms. The quantitative estimate of drug-likeness (QED) is 0.489. The van der Waals surface area contributed by atoms with Crippen molar-refractivity contribution < 1.29 is 9.53 Å². The summed E-state index contributed by atoms with van der Waals surface area (Å²) in [6, 6.07) is 9.82. The molecule has 0 saturated carbocycles. The molecule has 0 heterocycles. The van der Waals surface area contributed by atoms with E-state index in [1.807, 2.05) is 30.3 Å². The molecule has 0 fully saturated rings. The Morgan fingerprint density at radius 3 is 2.44 bits per heavy atom. The van der Waals surface area contributed by atoms with E-state index in [0.29, 0.717) is 6.61 Å². The molecule has 0 amide bonds. The molecule has 0 aromatic heterocycles. The molecule has 1 aromatic rings. The summed E-state index contributed by atoms with van der Waals surface area (Å²) in [6.07, 6.45) is 0.934. The molecule has 2 N–H and O–H groups in total. The number of hydrogen-bond donors (Lipinski definition) is 1. The largest absolute Gasteiger partial charge is 0.464 e. The van der Waals surface area contributed by atoms with Crippen molar-refractivity contribution in [2.75, 3.05) is 6.61 Å². The first kappa shape index (κ1) is 14.9. The number of esters is 1. The summed E-state index contributed by atoms with van der Waals surface area (Å²) in [5.41, 5.74) is 6.64. The molecule has 18 heavy (non-hydrogen) atoms. The first-order valence-corrected chi connectivity index (χ1v) is 10.1. The number of nitrogens with two attached hydrogens (primary N) is 1. The summed E-state index contributed by atoms with van der Waals surface area (Å²) in [4.78, 5) is 11.7. The van der Waals surface area contributed by atoms with Crippen LogP contribution in [-0.2, 0) is 9.53 Å². The van der Waals surface area contributed by atoms with Gasteiger partial charge in [-0.05, 0) is 12.0 Å². The lowest BCUT2D eigenvalue weighted by Gasteiger charge is -2.16. The van der Waals surface area contributed by atoms with Crippen LogP contribution in [-0.4, -0.2) is 20.7 Å². The second-order valence-electron chi connectivity index (χ2n) is 5.72. The van der Waals surface area contributed by atoms with Crippen molar-refractivity contribution in [3.63, 3.8) is 0 Å². The van der Waals surface area contributed by atoms with Crippen LogP contribution in [0, 0.1) is 0 Å². The molecule has 0 aliphatic carbocycles. The van der Waals surface area contributed by atoms with Gasteiger partial charge in [0.25, 0.3) is 0 Å². The zero-order valence-electron chi connectivity index (χ0n) is 11.5. The second kappa shape index (κ2) is 6.71. The summed E-state index contributed by atoms with van der Waals surface area (Å²) < 4.78 is 5.21. The lowest BCUT2D eigenvalue weighted by atomic mass is 10.1. The fraction of sp³-hybridized carbons (Fsp3) is 0.500. The van der Waals surface area contributed by atoms with Gasteiger partial charge in [-0.3, -0.25) is 0 Å². The molecule has 0 saturated heterocycles. The van der Waals surface area contributed by atoms with Crippen molar-refractivity contribution in [2.45, 2.75) is 38.1 Å². The minimum Gasteiger partial charge on any atom is -0.464 e. The fourth-order valence-corrected chi connectivity index (χ4v) is 2.87. The Balaban J connectivity index is 2.33. The van der Waals surface area contributed by atoms with Crippen molar-refractivity contribution in [1.82, 2.24) is 0 Å². The molecule has 1 atom stereocenters. The minimum absolute atomic E-state index is 0.336. The van der Waals surface area contributed by atoms with E-state index >= 15 is 0 Å². The topological polar surface area (TPSA) is 52.3 Å². The summed E-state index contributed by atoms with van der Waals surface area (Å²) in [7, 11) is -1.04. The van der Waals surface area contributed by atoms with E-state index in [1.54, 1.807) is 0 Å². The molecule has 100 valence electrons. The molecular formula is C14H23NO2Si. The van der Waals surface area contributed by atoms with Crippen LogP contribution in [0.1, 0.15) is 18.0 Å². The highest BCUT2D eigenvalue weighted by molar-refractivity contribution is 6.76. The summed E-state index contributed by atoms with van der Waals surface area (Å²) >= 11 is 0. The molecule has 1 aromatic carbocycles. The average molecular weight is 265 g/mol. The van der Waals surface area contributed by atoms with E-state index in [-0.39, 0.29) is 5.97 Å². The Kier molecular flexibility index (Phi) is 5.56. The van der Waals surface area contributed by atoms with Crippen molar-refractivity contribution >= 4 is 14.0 Å². The summed E-state index contributed by atoms with van der Waals surface area (Å²) in [5.74, 6) is -0.336. The number of ether oxygens (including phenoxy) is 1. The summed E-state index contributed by atoms with van der Waals surface area (Å²) in [5, 5.41) is 0. The van der Waals surface area contributed by atoms with E-state index in [1.165, 1.54) is 6.04 Å². The van der Waals surface area contributed by atoms with Crippen LogP contribution < -0.4 is 5.73 Å². The predicted octanol–water partition coefficient (Wildman–Crippen LogP) is 2.96. The fourth-order valence-electron chi connectivity index (χ4n) is 1.66. The Labute approximate surface area is 110 Å². The van der Waals surface area contributed by atoms with Gasteiger partial charge in [0, 0.05) is 8.07 Å². The molecule has 0 aliphatic rings. The van der Waals surface area contributed by atoms with Crippen LogP contribution in [0.3, 0.4) is 0 Å². The highest BCUT2D eigenvalue weighted by Crippen LogP contribution is 2.13. The van der Waals surface area contributed by atoms with E-state index in [2.05, 4.69) is 19.6 Å². The lowest BCUT2D eigenvalue weighted by molar-refractivity contribution is -0.145. The maximum Gasteiger partial charge on any atom is 0.327 e. The highest BCUT2D eigenvalue weighted by atomic mass is 28.3. The van der Waals surface area contributed by atoms with Crippen LogP contribution in [0.25, 0.3) is 0 Å². The summed E-state index contributed by atoms with van der Waals surface area (Å²) in [6.45, 7) is 7.41. The standard InChI is InChI=1S/C14H23NO2Si/c1-18(2,3)11-7-10-17-14(16)13(15)12-8-5-4-6-9-12/h4-6,8-9,13H,7,10-11,15H2,1-3H3. The van der Waals surface area contributed by atoms with Crippen LogP contribution >= 0.6 is 0 Å². The lowest BCUT2D eigenvalue weighted by Crippen LogP contribution is -2.25. The Morgan fingerprint density at radius 1 is 1.28 bits per heavy atom. The molecule has 0 spiro atoms. The average Bonchev–Trinajstić information content (AvgIpc) is 2.33. The number of benzene rings is 1. The van der Waals surface area contributed by atoms with Crippen molar-refractivity contribution in [1.29, 1.82) is 0 Å². The third-order valence-corrected chi connectivity index (χ3v) is 4.58. The van der Waals surface area contributed by atoms with Gasteiger partial charge in [-0.15, -0.1) is 0 Å². The Morgan fingerprint density at radius 2 is 1.89 bits per heavy atom. The SMILES string of the molecule is C[Si](C)(C)CCCOC(=O)C(N)c1ccccc1.